The maximum atomic E-state index is 13.0. The van der Waals surface area contributed by atoms with Crippen LogP contribution in [0.3, 0.4) is 0 Å². The van der Waals surface area contributed by atoms with Gasteiger partial charge >= 0.3 is 0 Å². The second kappa shape index (κ2) is 7.91. The van der Waals surface area contributed by atoms with Crippen molar-refractivity contribution in [2.75, 3.05) is 25.1 Å². The van der Waals surface area contributed by atoms with E-state index < -0.39 is 0 Å². The van der Waals surface area contributed by atoms with Crippen molar-refractivity contribution < 1.29 is 14.3 Å². The number of ether oxygens (including phenoxy) is 1. The first-order chi connectivity index (χ1) is 12.5. The number of hydrogen-bond donors (Lipinski definition) is 0. The summed E-state index contributed by atoms with van der Waals surface area (Å²) >= 11 is 1.64. The fraction of sp³-hybridized carbons (Fsp3) is 0.400. The SMILES string of the molecule is CCN(Cc1cccs1)C(=O)C1CC(=O)N(c2cc(C)ccc2OC)C1. The van der Waals surface area contributed by atoms with Crippen LogP contribution in [-0.2, 0) is 16.1 Å². The van der Waals surface area contributed by atoms with Gasteiger partial charge in [0.15, 0.2) is 0 Å². The molecule has 2 aromatic rings. The molecule has 0 spiro atoms. The average molecular weight is 372 g/mol. The molecule has 1 fully saturated rings. The zero-order valence-corrected chi connectivity index (χ0v) is 16.2. The fourth-order valence-electron chi connectivity index (χ4n) is 3.31. The Morgan fingerprint density at radius 3 is 2.85 bits per heavy atom. The predicted octanol–water partition coefficient (Wildman–Crippen LogP) is 3.47. The summed E-state index contributed by atoms with van der Waals surface area (Å²) in [5.41, 5.74) is 1.80. The molecule has 2 heterocycles. The normalized spacial score (nSPS) is 16.8. The minimum absolute atomic E-state index is 0.0283. The Balaban J connectivity index is 1.76. The molecule has 0 aliphatic carbocycles. The number of carbonyl (C=O) groups excluding carboxylic acids is 2. The number of nitrogens with zero attached hydrogens (tertiary/aromatic N) is 2. The molecule has 26 heavy (non-hydrogen) atoms. The highest BCUT2D eigenvalue weighted by molar-refractivity contribution is 7.09. The third-order valence-electron chi connectivity index (χ3n) is 4.72. The highest BCUT2D eigenvalue weighted by Crippen LogP contribution is 2.34. The molecular formula is C20H24N2O3S. The van der Waals surface area contributed by atoms with Crippen molar-refractivity contribution in [3.63, 3.8) is 0 Å². The number of aryl methyl sites for hydroxylation is 1. The van der Waals surface area contributed by atoms with Crippen molar-refractivity contribution in [2.24, 2.45) is 5.92 Å². The molecule has 1 unspecified atom stereocenters. The zero-order chi connectivity index (χ0) is 18.7. The number of benzene rings is 1. The van der Waals surface area contributed by atoms with E-state index in [1.807, 2.05) is 54.5 Å². The van der Waals surface area contributed by atoms with Gasteiger partial charge in [0, 0.05) is 24.4 Å². The van der Waals surface area contributed by atoms with E-state index in [4.69, 9.17) is 4.74 Å². The molecule has 0 N–H and O–H groups in total. The van der Waals surface area contributed by atoms with Crippen LogP contribution in [0.2, 0.25) is 0 Å². The molecule has 1 aliphatic heterocycles. The summed E-state index contributed by atoms with van der Waals surface area (Å²) in [5, 5.41) is 2.01. The lowest BCUT2D eigenvalue weighted by molar-refractivity contribution is -0.136. The van der Waals surface area contributed by atoms with E-state index in [1.54, 1.807) is 23.3 Å². The van der Waals surface area contributed by atoms with E-state index in [2.05, 4.69) is 0 Å². The van der Waals surface area contributed by atoms with Crippen molar-refractivity contribution in [2.45, 2.75) is 26.8 Å². The molecule has 138 valence electrons. The maximum absolute atomic E-state index is 13.0. The van der Waals surface area contributed by atoms with E-state index in [1.165, 1.54) is 0 Å². The van der Waals surface area contributed by atoms with Crippen LogP contribution in [-0.4, -0.2) is 36.9 Å². The van der Waals surface area contributed by atoms with E-state index in [9.17, 15) is 9.59 Å². The molecule has 0 saturated carbocycles. The molecule has 1 aliphatic rings. The Kier molecular flexibility index (Phi) is 5.61. The Morgan fingerprint density at radius 2 is 2.19 bits per heavy atom. The first-order valence-electron chi connectivity index (χ1n) is 8.79. The number of thiophene rings is 1. The maximum Gasteiger partial charge on any atom is 0.228 e. The molecule has 1 aromatic heterocycles. The van der Waals surface area contributed by atoms with Crippen LogP contribution < -0.4 is 9.64 Å². The lowest BCUT2D eigenvalue weighted by atomic mass is 10.1. The number of methoxy groups -OCH3 is 1. The van der Waals surface area contributed by atoms with Gasteiger partial charge in [-0.2, -0.15) is 0 Å². The standard InChI is InChI=1S/C20H24N2O3S/c1-4-21(13-16-6-5-9-26-16)20(24)15-11-19(23)22(12-15)17-10-14(2)7-8-18(17)25-3/h5-10,15H,4,11-13H2,1-3H3. The summed E-state index contributed by atoms with van der Waals surface area (Å²) in [6, 6.07) is 9.77. The summed E-state index contributed by atoms with van der Waals surface area (Å²) in [4.78, 5) is 30.2. The van der Waals surface area contributed by atoms with Crippen molar-refractivity contribution >= 4 is 28.8 Å². The monoisotopic (exact) mass is 372 g/mol. The second-order valence-electron chi connectivity index (χ2n) is 6.51. The van der Waals surface area contributed by atoms with Gasteiger partial charge in [0.2, 0.25) is 11.8 Å². The lowest BCUT2D eigenvalue weighted by Crippen LogP contribution is -2.36. The van der Waals surface area contributed by atoms with Crippen LogP contribution in [0.4, 0.5) is 5.69 Å². The Labute approximate surface area is 158 Å². The quantitative estimate of drug-likeness (QED) is 0.780. The van der Waals surface area contributed by atoms with E-state index in [0.717, 1.165) is 16.1 Å². The first-order valence-corrected chi connectivity index (χ1v) is 9.67. The topological polar surface area (TPSA) is 49.9 Å². The fourth-order valence-corrected chi connectivity index (χ4v) is 4.03. The van der Waals surface area contributed by atoms with Crippen molar-refractivity contribution in [3.8, 4) is 5.75 Å². The Morgan fingerprint density at radius 1 is 1.38 bits per heavy atom. The van der Waals surface area contributed by atoms with Gasteiger partial charge in [0.25, 0.3) is 0 Å². The summed E-state index contributed by atoms with van der Waals surface area (Å²) < 4.78 is 5.41. The second-order valence-corrected chi connectivity index (χ2v) is 7.54. The zero-order valence-electron chi connectivity index (χ0n) is 15.4. The molecule has 1 aromatic carbocycles. The summed E-state index contributed by atoms with van der Waals surface area (Å²) in [7, 11) is 1.59. The molecule has 1 saturated heterocycles. The Hall–Kier alpha value is -2.34. The molecule has 0 bridgehead atoms. The number of anilines is 1. The van der Waals surface area contributed by atoms with Crippen molar-refractivity contribution in [1.29, 1.82) is 0 Å². The van der Waals surface area contributed by atoms with Crippen LogP contribution in [0.5, 0.6) is 5.75 Å². The van der Waals surface area contributed by atoms with Gasteiger partial charge < -0.3 is 14.5 Å². The molecular weight excluding hydrogens is 348 g/mol. The van der Waals surface area contributed by atoms with Crippen LogP contribution >= 0.6 is 11.3 Å². The van der Waals surface area contributed by atoms with Crippen LogP contribution in [0.1, 0.15) is 23.8 Å². The van der Waals surface area contributed by atoms with E-state index >= 15 is 0 Å². The third-order valence-corrected chi connectivity index (χ3v) is 5.58. The minimum atomic E-state index is -0.312. The van der Waals surface area contributed by atoms with Crippen molar-refractivity contribution in [1.82, 2.24) is 4.90 Å². The predicted molar refractivity (Wildman–Crippen MR) is 104 cm³/mol. The number of amides is 2. The summed E-state index contributed by atoms with van der Waals surface area (Å²) in [6.07, 6.45) is 0.247. The average Bonchev–Trinajstić information content (AvgIpc) is 3.28. The highest BCUT2D eigenvalue weighted by Gasteiger charge is 2.38. The van der Waals surface area contributed by atoms with E-state index in [-0.39, 0.29) is 24.2 Å². The van der Waals surface area contributed by atoms with Gasteiger partial charge in [-0.15, -0.1) is 11.3 Å². The van der Waals surface area contributed by atoms with Gasteiger partial charge in [-0.3, -0.25) is 9.59 Å². The number of rotatable bonds is 6. The molecule has 5 nitrogen and oxygen atoms in total. The lowest BCUT2D eigenvalue weighted by Gasteiger charge is -2.24. The highest BCUT2D eigenvalue weighted by atomic mass is 32.1. The van der Waals surface area contributed by atoms with Crippen LogP contribution in [0, 0.1) is 12.8 Å². The largest absolute Gasteiger partial charge is 0.495 e. The Bertz CT molecular complexity index is 788. The molecule has 3 rings (SSSR count). The van der Waals surface area contributed by atoms with Gasteiger partial charge in [-0.25, -0.2) is 0 Å². The third kappa shape index (κ3) is 3.75. The van der Waals surface area contributed by atoms with Crippen molar-refractivity contribution in [3.05, 3.63) is 46.2 Å². The molecule has 1 atom stereocenters. The van der Waals surface area contributed by atoms with Gasteiger partial charge in [0.1, 0.15) is 5.75 Å². The summed E-state index contributed by atoms with van der Waals surface area (Å²) in [5.74, 6) is 0.360. The molecule has 0 radical (unpaired) electrons. The van der Waals surface area contributed by atoms with Crippen LogP contribution in [0.25, 0.3) is 0 Å². The number of hydrogen-bond acceptors (Lipinski definition) is 4. The number of carbonyl (C=O) groups is 2. The van der Waals surface area contributed by atoms with Crippen LogP contribution in [0.15, 0.2) is 35.7 Å². The van der Waals surface area contributed by atoms with Gasteiger partial charge in [0.05, 0.1) is 25.3 Å². The molecule has 6 heteroatoms. The van der Waals surface area contributed by atoms with E-state index in [0.29, 0.717) is 25.4 Å². The smallest absolute Gasteiger partial charge is 0.228 e. The first kappa shape index (κ1) is 18.5. The molecule has 2 amide bonds. The van der Waals surface area contributed by atoms with Gasteiger partial charge in [-0.05, 0) is 43.0 Å². The minimum Gasteiger partial charge on any atom is -0.495 e. The summed E-state index contributed by atoms with van der Waals surface area (Å²) in [6.45, 7) is 5.59. The van der Waals surface area contributed by atoms with Gasteiger partial charge in [-0.1, -0.05) is 12.1 Å².